The van der Waals surface area contributed by atoms with E-state index >= 15 is 0 Å². The van der Waals surface area contributed by atoms with Crippen LogP contribution in [0.4, 0.5) is 0 Å². The number of hydrogen-bond acceptors (Lipinski definition) is 3. The van der Waals surface area contributed by atoms with Crippen molar-refractivity contribution in [1.29, 1.82) is 0 Å². The number of carbonyl (C=O) groups excluding carboxylic acids is 1. The summed E-state index contributed by atoms with van der Waals surface area (Å²) in [6.45, 7) is 2.02. The van der Waals surface area contributed by atoms with Gasteiger partial charge in [-0.2, -0.15) is 11.3 Å². The summed E-state index contributed by atoms with van der Waals surface area (Å²) in [5, 5.41) is 4.68. The third kappa shape index (κ3) is 1.91. The molecular weight excluding hydrogens is 312 g/mol. The van der Waals surface area contributed by atoms with Crippen LogP contribution in [0.3, 0.4) is 0 Å². The number of thiophene rings is 1. The molecule has 0 bridgehead atoms. The predicted molar refractivity (Wildman–Crippen MR) is 76.4 cm³/mol. The van der Waals surface area contributed by atoms with Crippen molar-refractivity contribution < 1.29 is 9.21 Å². The molecule has 0 aliphatic carbocycles. The van der Waals surface area contributed by atoms with Crippen LogP contribution in [0, 0.1) is 6.92 Å². The Bertz CT molecular complexity index is 739. The van der Waals surface area contributed by atoms with E-state index in [-0.39, 0.29) is 5.78 Å². The molecule has 0 saturated heterocycles. The van der Waals surface area contributed by atoms with Crippen molar-refractivity contribution in [2.75, 3.05) is 0 Å². The van der Waals surface area contributed by atoms with Gasteiger partial charge in [0.15, 0.2) is 5.76 Å². The minimum atomic E-state index is -0.0861. The Kier molecular flexibility index (Phi) is 2.84. The Labute approximate surface area is 116 Å². The summed E-state index contributed by atoms with van der Waals surface area (Å²) in [6.07, 6.45) is 0. The summed E-state index contributed by atoms with van der Waals surface area (Å²) in [7, 11) is 0. The SMILES string of the molecule is Cc1ccc2oc(C(=O)c3cscc3Br)cc2c1. The van der Waals surface area contributed by atoms with Crippen molar-refractivity contribution in [1.82, 2.24) is 0 Å². The summed E-state index contributed by atoms with van der Waals surface area (Å²) in [6, 6.07) is 7.68. The normalized spacial score (nSPS) is 11.0. The fourth-order valence-electron chi connectivity index (χ4n) is 1.85. The third-order valence-corrected chi connectivity index (χ3v) is 4.46. The highest BCUT2D eigenvalue weighted by Crippen LogP contribution is 2.27. The van der Waals surface area contributed by atoms with Gasteiger partial charge in [-0.25, -0.2) is 0 Å². The number of benzene rings is 1. The Morgan fingerprint density at radius 1 is 1.28 bits per heavy atom. The maximum absolute atomic E-state index is 12.3. The van der Waals surface area contributed by atoms with Crippen LogP contribution in [-0.2, 0) is 0 Å². The van der Waals surface area contributed by atoms with Crippen molar-refractivity contribution >= 4 is 44.0 Å². The minimum absolute atomic E-state index is 0.0861. The Hall–Kier alpha value is -1.39. The second kappa shape index (κ2) is 4.37. The van der Waals surface area contributed by atoms with Crippen LogP contribution in [0.25, 0.3) is 11.0 Å². The van der Waals surface area contributed by atoms with E-state index in [1.54, 1.807) is 6.07 Å². The number of hydrogen-bond donors (Lipinski definition) is 0. The van der Waals surface area contributed by atoms with E-state index in [1.807, 2.05) is 35.9 Å². The van der Waals surface area contributed by atoms with Gasteiger partial charge in [0.25, 0.3) is 0 Å². The highest BCUT2D eigenvalue weighted by atomic mass is 79.9. The molecule has 0 N–H and O–H groups in total. The molecule has 3 aromatic rings. The zero-order chi connectivity index (χ0) is 12.7. The Balaban J connectivity index is 2.10. The first-order valence-electron chi connectivity index (χ1n) is 5.42. The number of aryl methyl sites for hydroxylation is 1. The molecule has 0 radical (unpaired) electrons. The lowest BCUT2D eigenvalue weighted by Gasteiger charge is -1.93. The molecule has 3 rings (SSSR count). The third-order valence-electron chi connectivity index (χ3n) is 2.75. The summed E-state index contributed by atoms with van der Waals surface area (Å²) >= 11 is 4.86. The smallest absolute Gasteiger partial charge is 0.230 e. The first kappa shape index (κ1) is 11.7. The van der Waals surface area contributed by atoms with Gasteiger partial charge in [-0.3, -0.25) is 4.79 Å². The molecule has 0 fully saturated rings. The molecule has 0 spiro atoms. The standard InChI is InChI=1S/C14H9BrO2S/c1-8-2-3-12-9(4-8)5-13(17-12)14(16)10-6-18-7-11(10)15/h2-7H,1H3. The van der Waals surface area contributed by atoms with Crippen molar-refractivity contribution in [2.24, 2.45) is 0 Å². The minimum Gasteiger partial charge on any atom is -0.453 e. The molecule has 0 aliphatic rings. The fourth-order valence-corrected chi connectivity index (χ4v) is 3.31. The average molecular weight is 321 g/mol. The monoisotopic (exact) mass is 320 g/mol. The quantitative estimate of drug-likeness (QED) is 0.635. The van der Waals surface area contributed by atoms with E-state index in [0.29, 0.717) is 11.3 Å². The van der Waals surface area contributed by atoms with Crippen molar-refractivity contribution in [2.45, 2.75) is 6.92 Å². The van der Waals surface area contributed by atoms with Crippen LogP contribution >= 0.6 is 27.3 Å². The first-order chi connectivity index (χ1) is 8.65. The Morgan fingerprint density at radius 3 is 2.83 bits per heavy atom. The van der Waals surface area contributed by atoms with E-state index in [0.717, 1.165) is 21.0 Å². The number of fused-ring (bicyclic) bond motifs is 1. The maximum Gasteiger partial charge on any atom is 0.230 e. The van der Waals surface area contributed by atoms with E-state index in [1.165, 1.54) is 11.3 Å². The van der Waals surface area contributed by atoms with Gasteiger partial charge in [0, 0.05) is 20.6 Å². The number of halogens is 1. The lowest BCUT2D eigenvalue weighted by atomic mass is 10.1. The van der Waals surface area contributed by atoms with Crippen LogP contribution in [0.1, 0.15) is 21.7 Å². The molecule has 90 valence electrons. The Morgan fingerprint density at radius 2 is 2.11 bits per heavy atom. The van der Waals surface area contributed by atoms with Gasteiger partial charge < -0.3 is 4.42 Å². The molecule has 2 aromatic heterocycles. The average Bonchev–Trinajstić information content (AvgIpc) is 2.93. The highest BCUT2D eigenvalue weighted by molar-refractivity contribution is 9.10. The van der Waals surface area contributed by atoms with Crippen molar-refractivity contribution in [3.05, 3.63) is 56.4 Å². The van der Waals surface area contributed by atoms with Crippen LogP contribution < -0.4 is 0 Å². The molecule has 0 saturated carbocycles. The second-order valence-electron chi connectivity index (χ2n) is 4.11. The van der Waals surface area contributed by atoms with E-state index in [9.17, 15) is 4.79 Å². The van der Waals surface area contributed by atoms with E-state index in [4.69, 9.17) is 4.42 Å². The van der Waals surface area contributed by atoms with Crippen LogP contribution in [0.15, 0.2) is 43.9 Å². The zero-order valence-electron chi connectivity index (χ0n) is 9.57. The molecule has 2 heterocycles. The summed E-state index contributed by atoms with van der Waals surface area (Å²) < 4.78 is 6.41. The molecule has 0 atom stereocenters. The molecule has 2 nitrogen and oxygen atoms in total. The molecule has 1 aromatic carbocycles. The van der Waals surface area contributed by atoms with E-state index < -0.39 is 0 Å². The molecule has 0 amide bonds. The first-order valence-corrected chi connectivity index (χ1v) is 7.15. The number of furan rings is 1. The van der Waals surface area contributed by atoms with Crippen molar-refractivity contribution in [3.63, 3.8) is 0 Å². The van der Waals surface area contributed by atoms with Gasteiger partial charge in [-0.05, 0) is 41.1 Å². The number of ketones is 1. The number of rotatable bonds is 2. The van der Waals surface area contributed by atoms with Crippen LogP contribution in [-0.4, -0.2) is 5.78 Å². The van der Waals surface area contributed by atoms with E-state index in [2.05, 4.69) is 15.9 Å². The van der Waals surface area contributed by atoms with Gasteiger partial charge in [-0.15, -0.1) is 0 Å². The highest BCUT2D eigenvalue weighted by Gasteiger charge is 2.17. The summed E-state index contributed by atoms with van der Waals surface area (Å²) in [5.74, 6) is 0.298. The summed E-state index contributed by atoms with van der Waals surface area (Å²) in [4.78, 5) is 12.3. The molecule has 0 aliphatic heterocycles. The van der Waals surface area contributed by atoms with Gasteiger partial charge in [0.2, 0.25) is 5.78 Å². The largest absolute Gasteiger partial charge is 0.453 e. The maximum atomic E-state index is 12.3. The topological polar surface area (TPSA) is 30.2 Å². The molecule has 4 heteroatoms. The number of carbonyl (C=O) groups is 1. The van der Waals surface area contributed by atoms with Crippen LogP contribution in [0.2, 0.25) is 0 Å². The lowest BCUT2D eigenvalue weighted by molar-refractivity contribution is 0.101. The molecular formula is C14H9BrO2S. The van der Waals surface area contributed by atoms with Crippen LogP contribution in [0.5, 0.6) is 0 Å². The fraction of sp³-hybridized carbons (Fsp3) is 0.0714. The van der Waals surface area contributed by atoms with Gasteiger partial charge in [0.05, 0.1) is 5.56 Å². The van der Waals surface area contributed by atoms with Gasteiger partial charge in [-0.1, -0.05) is 11.6 Å². The van der Waals surface area contributed by atoms with Crippen molar-refractivity contribution in [3.8, 4) is 0 Å². The zero-order valence-corrected chi connectivity index (χ0v) is 12.0. The second-order valence-corrected chi connectivity index (χ2v) is 5.71. The molecule has 18 heavy (non-hydrogen) atoms. The van der Waals surface area contributed by atoms with Gasteiger partial charge >= 0.3 is 0 Å². The summed E-state index contributed by atoms with van der Waals surface area (Å²) in [5.41, 5.74) is 2.55. The van der Waals surface area contributed by atoms with Gasteiger partial charge in [0.1, 0.15) is 5.58 Å². The predicted octanol–water partition coefficient (Wildman–Crippen LogP) is 4.80. The lowest BCUT2D eigenvalue weighted by Crippen LogP contribution is -1.97. The molecule has 0 unspecified atom stereocenters.